The lowest BCUT2D eigenvalue weighted by molar-refractivity contribution is 1.28. The molecule has 1 aromatic heterocycles. The van der Waals surface area contributed by atoms with Gasteiger partial charge in [0.05, 0.1) is 17.2 Å². The van der Waals surface area contributed by atoms with Crippen LogP contribution < -0.4 is 0 Å². The molecule has 0 N–H and O–H groups in total. The Labute approximate surface area is 75.2 Å². The van der Waals surface area contributed by atoms with Gasteiger partial charge in [0.2, 0.25) is 0 Å². The molecule has 0 aliphatic rings. The minimum absolute atomic E-state index is 0.436. The van der Waals surface area contributed by atoms with Crippen molar-refractivity contribution < 1.29 is 0 Å². The molecule has 0 spiro atoms. The maximum Gasteiger partial charge on any atom is 0.148 e. The van der Waals surface area contributed by atoms with Gasteiger partial charge in [-0.15, -0.1) is 0 Å². The van der Waals surface area contributed by atoms with Crippen molar-refractivity contribution in [3.05, 3.63) is 35.1 Å². The van der Waals surface area contributed by atoms with E-state index in [1.54, 1.807) is 6.20 Å². The van der Waals surface area contributed by atoms with Crippen molar-refractivity contribution in [3.8, 4) is 0 Å². The molecule has 0 saturated heterocycles. The fourth-order valence-corrected chi connectivity index (χ4v) is 1.24. The highest BCUT2D eigenvalue weighted by Gasteiger charge is 1.96. The molecule has 1 heterocycles. The summed E-state index contributed by atoms with van der Waals surface area (Å²) in [5, 5.41) is 0.436. The molecule has 3 heteroatoms. The fraction of sp³-hybridized carbons (Fsp3) is 0.111. The molecule has 2 aromatic rings. The summed E-state index contributed by atoms with van der Waals surface area (Å²) in [5.41, 5.74) is 2.91. The third-order valence-electron chi connectivity index (χ3n) is 1.67. The predicted octanol–water partition coefficient (Wildman–Crippen LogP) is 2.59. The molecule has 0 radical (unpaired) electrons. The van der Waals surface area contributed by atoms with Crippen LogP contribution in [0.1, 0.15) is 5.56 Å². The lowest BCUT2D eigenvalue weighted by Crippen LogP contribution is -1.84. The summed E-state index contributed by atoms with van der Waals surface area (Å²) in [6.45, 7) is 2.02. The van der Waals surface area contributed by atoms with E-state index in [0.717, 1.165) is 11.0 Å². The number of aromatic nitrogens is 2. The summed E-state index contributed by atoms with van der Waals surface area (Å²) >= 11 is 5.68. The molecule has 0 aliphatic heterocycles. The summed E-state index contributed by atoms with van der Waals surface area (Å²) < 4.78 is 0. The van der Waals surface area contributed by atoms with Crippen LogP contribution in [0.2, 0.25) is 5.15 Å². The summed E-state index contributed by atoms with van der Waals surface area (Å²) in [7, 11) is 0. The van der Waals surface area contributed by atoms with E-state index < -0.39 is 0 Å². The maximum absolute atomic E-state index is 5.68. The van der Waals surface area contributed by atoms with Crippen LogP contribution in [0.5, 0.6) is 0 Å². The smallest absolute Gasteiger partial charge is 0.148 e. The quantitative estimate of drug-likeness (QED) is 0.620. The van der Waals surface area contributed by atoms with Gasteiger partial charge in [0, 0.05) is 0 Å². The number of hydrogen-bond donors (Lipinski definition) is 0. The van der Waals surface area contributed by atoms with E-state index in [1.165, 1.54) is 5.56 Å². The average Bonchev–Trinajstić information content (AvgIpc) is 2.05. The number of benzene rings is 1. The van der Waals surface area contributed by atoms with Crippen LogP contribution in [0.4, 0.5) is 0 Å². The molecule has 0 atom stereocenters. The predicted molar refractivity (Wildman–Crippen MR) is 49.3 cm³/mol. The molecule has 0 saturated carbocycles. The van der Waals surface area contributed by atoms with E-state index >= 15 is 0 Å². The molecule has 0 bridgehead atoms. The number of rotatable bonds is 0. The fourth-order valence-electron chi connectivity index (χ4n) is 1.10. The second-order valence-corrected chi connectivity index (χ2v) is 3.07. The molecular weight excluding hydrogens is 172 g/mol. The van der Waals surface area contributed by atoms with Gasteiger partial charge in [-0.25, -0.2) is 4.98 Å². The summed E-state index contributed by atoms with van der Waals surface area (Å²) in [6, 6.07) is 5.90. The summed E-state index contributed by atoms with van der Waals surface area (Å²) in [4.78, 5) is 8.27. The Morgan fingerprint density at radius 2 is 2.08 bits per heavy atom. The van der Waals surface area contributed by atoms with E-state index in [2.05, 4.69) is 9.97 Å². The van der Waals surface area contributed by atoms with Crippen molar-refractivity contribution in [1.29, 1.82) is 0 Å². The van der Waals surface area contributed by atoms with Crippen molar-refractivity contribution in [3.63, 3.8) is 0 Å². The zero-order chi connectivity index (χ0) is 8.55. The van der Waals surface area contributed by atoms with Crippen LogP contribution in [0.15, 0.2) is 24.4 Å². The number of nitrogens with zero attached hydrogens (tertiary/aromatic N) is 2. The minimum Gasteiger partial charge on any atom is -0.251 e. The lowest BCUT2D eigenvalue weighted by atomic mass is 10.2. The van der Waals surface area contributed by atoms with Crippen LogP contribution in [0.25, 0.3) is 11.0 Å². The number of hydrogen-bond acceptors (Lipinski definition) is 2. The Bertz CT molecular complexity index is 385. The standard InChI is InChI=1S/C9H7ClN2/c1-6-2-3-7-8(4-6)11-5-9(10)12-7/h2-5H,1H3. The van der Waals surface area contributed by atoms with Gasteiger partial charge < -0.3 is 0 Å². The van der Waals surface area contributed by atoms with Gasteiger partial charge in [0.1, 0.15) is 5.15 Å². The summed E-state index contributed by atoms with van der Waals surface area (Å²) in [6.07, 6.45) is 1.56. The normalized spacial score (nSPS) is 10.5. The van der Waals surface area contributed by atoms with E-state index in [1.807, 2.05) is 25.1 Å². The molecule has 2 rings (SSSR count). The molecule has 0 amide bonds. The SMILES string of the molecule is Cc1ccc2nc(Cl)cnc2c1. The van der Waals surface area contributed by atoms with Crippen molar-refractivity contribution in [1.82, 2.24) is 9.97 Å². The monoisotopic (exact) mass is 178 g/mol. The number of fused-ring (bicyclic) bond motifs is 1. The molecule has 0 unspecified atom stereocenters. The van der Waals surface area contributed by atoms with Crippen LogP contribution in [-0.4, -0.2) is 9.97 Å². The molecule has 0 fully saturated rings. The van der Waals surface area contributed by atoms with Crippen molar-refractivity contribution in [2.45, 2.75) is 6.92 Å². The molecule has 60 valence electrons. The second-order valence-electron chi connectivity index (χ2n) is 2.68. The van der Waals surface area contributed by atoms with E-state index in [4.69, 9.17) is 11.6 Å². The summed E-state index contributed by atoms with van der Waals surface area (Å²) in [5.74, 6) is 0. The van der Waals surface area contributed by atoms with Gasteiger partial charge in [-0.05, 0) is 24.6 Å². The third-order valence-corrected chi connectivity index (χ3v) is 1.85. The van der Waals surface area contributed by atoms with E-state index in [9.17, 15) is 0 Å². The first kappa shape index (κ1) is 7.50. The van der Waals surface area contributed by atoms with Crippen molar-refractivity contribution in [2.75, 3.05) is 0 Å². The lowest BCUT2D eigenvalue weighted by Gasteiger charge is -1.97. The zero-order valence-corrected chi connectivity index (χ0v) is 7.34. The van der Waals surface area contributed by atoms with Crippen molar-refractivity contribution >= 4 is 22.6 Å². The number of aryl methyl sites for hydroxylation is 1. The highest BCUT2D eigenvalue weighted by atomic mass is 35.5. The van der Waals surface area contributed by atoms with Gasteiger partial charge in [-0.2, -0.15) is 0 Å². The first-order valence-electron chi connectivity index (χ1n) is 3.64. The van der Waals surface area contributed by atoms with Crippen molar-refractivity contribution in [2.24, 2.45) is 0 Å². The molecule has 0 aliphatic carbocycles. The van der Waals surface area contributed by atoms with Crippen LogP contribution in [0.3, 0.4) is 0 Å². The Hall–Kier alpha value is -1.15. The topological polar surface area (TPSA) is 25.8 Å². The van der Waals surface area contributed by atoms with Gasteiger partial charge in [-0.1, -0.05) is 17.7 Å². The third kappa shape index (κ3) is 1.25. The zero-order valence-electron chi connectivity index (χ0n) is 6.58. The number of halogens is 1. The largest absolute Gasteiger partial charge is 0.251 e. The van der Waals surface area contributed by atoms with Gasteiger partial charge in [-0.3, -0.25) is 4.98 Å². The molecule has 12 heavy (non-hydrogen) atoms. The minimum atomic E-state index is 0.436. The molecular formula is C9H7ClN2. The highest BCUT2D eigenvalue weighted by Crippen LogP contribution is 2.13. The van der Waals surface area contributed by atoms with Gasteiger partial charge in [0.15, 0.2) is 0 Å². The molecule has 2 nitrogen and oxygen atoms in total. The van der Waals surface area contributed by atoms with Gasteiger partial charge >= 0.3 is 0 Å². The maximum atomic E-state index is 5.68. The van der Waals surface area contributed by atoms with Gasteiger partial charge in [0.25, 0.3) is 0 Å². The Morgan fingerprint density at radius 1 is 1.25 bits per heavy atom. The first-order valence-corrected chi connectivity index (χ1v) is 4.02. The molecule has 1 aromatic carbocycles. The average molecular weight is 179 g/mol. The van der Waals surface area contributed by atoms with E-state index in [0.29, 0.717) is 5.15 Å². The Kier molecular flexibility index (Phi) is 1.70. The second kappa shape index (κ2) is 2.72. The first-order chi connectivity index (χ1) is 5.75. The Balaban J connectivity index is 2.79. The Morgan fingerprint density at radius 3 is 2.92 bits per heavy atom. The van der Waals surface area contributed by atoms with Crippen LogP contribution >= 0.6 is 11.6 Å². The van der Waals surface area contributed by atoms with E-state index in [-0.39, 0.29) is 0 Å². The van der Waals surface area contributed by atoms with Crippen LogP contribution in [0, 0.1) is 6.92 Å². The highest BCUT2D eigenvalue weighted by molar-refractivity contribution is 6.29. The van der Waals surface area contributed by atoms with Crippen LogP contribution in [-0.2, 0) is 0 Å².